The van der Waals surface area contributed by atoms with Crippen molar-refractivity contribution in [2.75, 3.05) is 39.9 Å². The molecule has 0 amide bonds. The summed E-state index contributed by atoms with van der Waals surface area (Å²) in [5, 5.41) is 3.54. The van der Waals surface area contributed by atoms with Crippen molar-refractivity contribution in [2.45, 2.75) is 44.9 Å². The molecule has 0 bridgehead atoms. The van der Waals surface area contributed by atoms with Crippen LogP contribution in [0.3, 0.4) is 0 Å². The van der Waals surface area contributed by atoms with E-state index in [1.54, 1.807) is 13.4 Å². The van der Waals surface area contributed by atoms with Crippen LogP contribution < -0.4 is 5.32 Å². The van der Waals surface area contributed by atoms with Crippen molar-refractivity contribution >= 4 is 29.9 Å². The summed E-state index contributed by atoms with van der Waals surface area (Å²) in [6.07, 6.45) is 10.9. The van der Waals surface area contributed by atoms with E-state index in [2.05, 4.69) is 10.2 Å². The Hall–Kier alpha value is -0.760. The molecule has 1 aliphatic heterocycles. The highest BCUT2D eigenvalue weighted by Crippen LogP contribution is 2.43. The SMILES string of the molecule is COCCN=C(NCCc1ccco1)N1CCC2(CCCCC2)C1.I. The first kappa shape index (κ1) is 20.6. The Kier molecular flexibility index (Phi) is 8.55. The van der Waals surface area contributed by atoms with Gasteiger partial charge >= 0.3 is 0 Å². The minimum Gasteiger partial charge on any atom is -0.469 e. The van der Waals surface area contributed by atoms with Gasteiger partial charge < -0.3 is 19.4 Å². The summed E-state index contributed by atoms with van der Waals surface area (Å²) in [6.45, 7) is 4.51. The number of ether oxygens (including phenoxy) is 1. The third-order valence-electron chi connectivity index (χ3n) is 5.44. The van der Waals surface area contributed by atoms with Gasteiger partial charge in [0.1, 0.15) is 5.76 Å². The second-order valence-corrected chi connectivity index (χ2v) is 7.19. The first-order chi connectivity index (χ1) is 11.8. The maximum Gasteiger partial charge on any atom is 0.194 e. The predicted octanol–water partition coefficient (Wildman–Crippen LogP) is 3.69. The molecule has 0 unspecified atom stereocenters. The molecule has 3 rings (SSSR count). The molecule has 6 heteroatoms. The average molecular weight is 461 g/mol. The summed E-state index contributed by atoms with van der Waals surface area (Å²) < 4.78 is 10.6. The molecule has 142 valence electrons. The largest absolute Gasteiger partial charge is 0.469 e. The first-order valence-corrected chi connectivity index (χ1v) is 9.36. The monoisotopic (exact) mass is 461 g/mol. The van der Waals surface area contributed by atoms with Crippen LogP contribution in [0.25, 0.3) is 0 Å². The van der Waals surface area contributed by atoms with E-state index >= 15 is 0 Å². The molecule has 2 fully saturated rings. The first-order valence-electron chi connectivity index (χ1n) is 9.36. The molecule has 1 aromatic heterocycles. The van der Waals surface area contributed by atoms with E-state index in [1.807, 2.05) is 12.1 Å². The van der Waals surface area contributed by atoms with Crippen molar-refractivity contribution in [2.24, 2.45) is 10.4 Å². The van der Waals surface area contributed by atoms with Gasteiger partial charge in [-0.15, -0.1) is 24.0 Å². The highest BCUT2D eigenvalue weighted by atomic mass is 127. The number of guanidine groups is 1. The van der Waals surface area contributed by atoms with Crippen molar-refractivity contribution in [1.82, 2.24) is 10.2 Å². The summed E-state index contributed by atoms with van der Waals surface area (Å²) >= 11 is 0. The van der Waals surface area contributed by atoms with E-state index in [0.717, 1.165) is 37.8 Å². The Morgan fingerprint density at radius 2 is 2.16 bits per heavy atom. The second-order valence-electron chi connectivity index (χ2n) is 7.19. The van der Waals surface area contributed by atoms with Gasteiger partial charge in [-0.3, -0.25) is 4.99 Å². The molecule has 0 atom stereocenters. The number of furan rings is 1. The lowest BCUT2D eigenvalue weighted by molar-refractivity contribution is 0.201. The smallest absolute Gasteiger partial charge is 0.194 e. The van der Waals surface area contributed by atoms with Crippen LogP contribution in [0.1, 0.15) is 44.3 Å². The van der Waals surface area contributed by atoms with Crippen LogP contribution >= 0.6 is 24.0 Å². The molecule has 1 saturated heterocycles. The van der Waals surface area contributed by atoms with E-state index in [-0.39, 0.29) is 24.0 Å². The highest BCUT2D eigenvalue weighted by Gasteiger charge is 2.39. The Morgan fingerprint density at radius 1 is 1.32 bits per heavy atom. The Labute approximate surface area is 168 Å². The molecule has 2 aliphatic rings. The van der Waals surface area contributed by atoms with Crippen LogP contribution in [-0.4, -0.2) is 50.8 Å². The van der Waals surface area contributed by atoms with Crippen LogP contribution in [0.15, 0.2) is 27.8 Å². The number of rotatable bonds is 6. The van der Waals surface area contributed by atoms with Crippen molar-refractivity contribution in [3.63, 3.8) is 0 Å². The fourth-order valence-corrected chi connectivity index (χ4v) is 4.09. The number of methoxy groups -OCH3 is 1. The lowest BCUT2D eigenvalue weighted by atomic mass is 9.73. The van der Waals surface area contributed by atoms with E-state index in [0.29, 0.717) is 18.6 Å². The van der Waals surface area contributed by atoms with Crippen molar-refractivity contribution in [3.8, 4) is 0 Å². The van der Waals surface area contributed by atoms with Crippen LogP contribution in [0, 0.1) is 5.41 Å². The molecule has 1 aromatic rings. The third kappa shape index (κ3) is 5.88. The Morgan fingerprint density at radius 3 is 2.88 bits per heavy atom. The van der Waals surface area contributed by atoms with Gasteiger partial charge in [-0.2, -0.15) is 0 Å². The predicted molar refractivity (Wildman–Crippen MR) is 112 cm³/mol. The normalized spacial score (nSPS) is 19.9. The zero-order chi connectivity index (χ0) is 16.7. The Bertz CT molecular complexity index is 513. The molecule has 0 aromatic carbocycles. The van der Waals surface area contributed by atoms with E-state index in [1.165, 1.54) is 38.5 Å². The quantitative estimate of drug-likeness (QED) is 0.304. The zero-order valence-electron chi connectivity index (χ0n) is 15.3. The average Bonchev–Trinajstić information content (AvgIpc) is 3.25. The molecule has 1 aliphatic carbocycles. The summed E-state index contributed by atoms with van der Waals surface area (Å²) in [5.41, 5.74) is 0.545. The van der Waals surface area contributed by atoms with Gasteiger partial charge in [0.25, 0.3) is 0 Å². The fraction of sp³-hybridized carbons (Fsp3) is 0.737. The van der Waals surface area contributed by atoms with Crippen LogP contribution in [0.5, 0.6) is 0 Å². The lowest BCUT2D eigenvalue weighted by Gasteiger charge is -2.33. The van der Waals surface area contributed by atoms with E-state index in [9.17, 15) is 0 Å². The van der Waals surface area contributed by atoms with Gasteiger partial charge in [0.05, 0.1) is 19.4 Å². The number of nitrogens with one attached hydrogen (secondary N) is 1. The van der Waals surface area contributed by atoms with Gasteiger partial charge in [0.15, 0.2) is 5.96 Å². The van der Waals surface area contributed by atoms with Gasteiger partial charge in [-0.1, -0.05) is 19.3 Å². The molecule has 2 heterocycles. The third-order valence-corrected chi connectivity index (χ3v) is 5.44. The number of likely N-dealkylation sites (tertiary alicyclic amines) is 1. The summed E-state index contributed by atoms with van der Waals surface area (Å²) in [7, 11) is 1.73. The van der Waals surface area contributed by atoms with E-state index < -0.39 is 0 Å². The Balaban J connectivity index is 0.00000225. The standard InChI is InChI=1S/C19H31N3O2.HI/c1-23-15-12-21-18(20-11-7-17-6-5-14-24-17)22-13-10-19(16-22)8-3-2-4-9-19;/h5-6,14H,2-4,7-13,15-16H2,1H3,(H,20,21);1H. The fourth-order valence-electron chi connectivity index (χ4n) is 4.09. The molecule has 1 spiro atoms. The molecule has 0 radical (unpaired) electrons. The highest BCUT2D eigenvalue weighted by molar-refractivity contribution is 14.0. The van der Waals surface area contributed by atoms with Crippen LogP contribution in [0.2, 0.25) is 0 Å². The number of aliphatic imine (C=N–C) groups is 1. The molecule has 1 saturated carbocycles. The maximum atomic E-state index is 5.42. The van der Waals surface area contributed by atoms with Crippen molar-refractivity contribution in [3.05, 3.63) is 24.2 Å². The minimum atomic E-state index is 0. The van der Waals surface area contributed by atoms with Crippen LogP contribution in [0.4, 0.5) is 0 Å². The van der Waals surface area contributed by atoms with Gasteiger partial charge in [-0.05, 0) is 36.8 Å². The topological polar surface area (TPSA) is 50.0 Å². The minimum absolute atomic E-state index is 0. The van der Waals surface area contributed by atoms with Crippen molar-refractivity contribution in [1.29, 1.82) is 0 Å². The van der Waals surface area contributed by atoms with Gasteiger partial charge in [0.2, 0.25) is 0 Å². The number of nitrogens with zero attached hydrogens (tertiary/aromatic N) is 2. The summed E-state index contributed by atoms with van der Waals surface area (Å²) in [4.78, 5) is 7.23. The molecular weight excluding hydrogens is 429 g/mol. The number of hydrogen-bond acceptors (Lipinski definition) is 3. The second kappa shape index (κ2) is 10.4. The lowest BCUT2D eigenvalue weighted by Crippen LogP contribution is -2.42. The molecule has 5 nitrogen and oxygen atoms in total. The zero-order valence-corrected chi connectivity index (χ0v) is 17.7. The molecular formula is C19H32IN3O2. The van der Waals surface area contributed by atoms with Gasteiger partial charge in [0, 0.05) is 33.2 Å². The number of hydrogen-bond donors (Lipinski definition) is 1. The van der Waals surface area contributed by atoms with Crippen molar-refractivity contribution < 1.29 is 9.15 Å². The summed E-state index contributed by atoms with van der Waals surface area (Å²) in [6, 6.07) is 3.96. The van der Waals surface area contributed by atoms with E-state index in [4.69, 9.17) is 14.1 Å². The number of halogens is 1. The van der Waals surface area contributed by atoms with Crippen LogP contribution in [-0.2, 0) is 11.2 Å². The molecule has 1 N–H and O–H groups in total. The maximum absolute atomic E-state index is 5.42. The molecule has 25 heavy (non-hydrogen) atoms. The summed E-state index contributed by atoms with van der Waals surface area (Å²) in [5.74, 6) is 2.06. The van der Waals surface area contributed by atoms with Gasteiger partial charge in [-0.25, -0.2) is 0 Å².